The Morgan fingerprint density at radius 3 is 2.41 bits per heavy atom. The molecule has 2 heterocycles. The van der Waals surface area contributed by atoms with Crippen LogP contribution in [-0.2, 0) is 0 Å². The van der Waals surface area contributed by atoms with Crippen LogP contribution in [0.1, 0.15) is 44.0 Å². The maximum absolute atomic E-state index is 5.78. The standard InChI is InChI=1S/C13H18N4/c1-9(2)12-6-7-17(16-12)13-5-4-11(8-15-13)10(3)14/h4-10H,14H2,1-3H3/t10-/m1/s1. The highest BCUT2D eigenvalue weighted by Crippen LogP contribution is 2.14. The smallest absolute Gasteiger partial charge is 0.153 e. The van der Waals surface area contributed by atoms with Gasteiger partial charge in [0.25, 0.3) is 0 Å². The van der Waals surface area contributed by atoms with E-state index in [1.165, 1.54) is 0 Å². The first-order valence-electron chi connectivity index (χ1n) is 5.85. The normalized spacial score (nSPS) is 13.0. The van der Waals surface area contributed by atoms with Crippen molar-refractivity contribution in [3.8, 4) is 5.82 Å². The van der Waals surface area contributed by atoms with Crippen molar-refractivity contribution in [2.45, 2.75) is 32.7 Å². The van der Waals surface area contributed by atoms with Crippen LogP contribution in [0.2, 0.25) is 0 Å². The van der Waals surface area contributed by atoms with Crippen LogP contribution in [0.25, 0.3) is 5.82 Å². The third-order valence-electron chi connectivity index (χ3n) is 2.73. The maximum Gasteiger partial charge on any atom is 0.153 e. The Morgan fingerprint density at radius 1 is 1.18 bits per heavy atom. The van der Waals surface area contributed by atoms with Crippen molar-refractivity contribution in [1.82, 2.24) is 14.8 Å². The highest BCUT2D eigenvalue weighted by atomic mass is 15.3. The molecule has 0 spiro atoms. The third-order valence-corrected chi connectivity index (χ3v) is 2.73. The van der Waals surface area contributed by atoms with Gasteiger partial charge in [0.2, 0.25) is 0 Å². The minimum Gasteiger partial charge on any atom is -0.324 e. The predicted octanol–water partition coefficient (Wildman–Crippen LogP) is 2.41. The molecule has 2 rings (SSSR count). The number of hydrogen-bond donors (Lipinski definition) is 1. The van der Waals surface area contributed by atoms with Crippen molar-refractivity contribution >= 4 is 0 Å². The molecule has 2 N–H and O–H groups in total. The molecular weight excluding hydrogens is 212 g/mol. The molecule has 90 valence electrons. The van der Waals surface area contributed by atoms with Crippen LogP contribution in [0.5, 0.6) is 0 Å². The fourth-order valence-corrected chi connectivity index (χ4v) is 1.58. The second-order valence-corrected chi connectivity index (χ2v) is 4.58. The van der Waals surface area contributed by atoms with Gasteiger partial charge in [-0.05, 0) is 30.5 Å². The molecule has 0 fully saturated rings. The molecule has 0 saturated heterocycles. The number of nitrogens with two attached hydrogens (primary N) is 1. The van der Waals surface area contributed by atoms with Crippen molar-refractivity contribution in [3.05, 3.63) is 41.9 Å². The van der Waals surface area contributed by atoms with Crippen LogP contribution in [0, 0.1) is 0 Å². The Hall–Kier alpha value is -1.68. The minimum absolute atomic E-state index is 0.0143. The second-order valence-electron chi connectivity index (χ2n) is 4.58. The quantitative estimate of drug-likeness (QED) is 0.881. The molecule has 0 aliphatic rings. The fourth-order valence-electron chi connectivity index (χ4n) is 1.58. The molecule has 0 aliphatic heterocycles. The molecule has 0 aromatic carbocycles. The lowest BCUT2D eigenvalue weighted by atomic mass is 10.1. The number of rotatable bonds is 3. The van der Waals surface area contributed by atoms with Gasteiger partial charge in [0.1, 0.15) is 0 Å². The van der Waals surface area contributed by atoms with Gasteiger partial charge in [0.05, 0.1) is 5.69 Å². The summed E-state index contributed by atoms with van der Waals surface area (Å²) in [6.45, 7) is 6.19. The van der Waals surface area contributed by atoms with E-state index >= 15 is 0 Å². The largest absolute Gasteiger partial charge is 0.324 e. The summed E-state index contributed by atoms with van der Waals surface area (Å²) >= 11 is 0. The van der Waals surface area contributed by atoms with Crippen LogP contribution in [0.15, 0.2) is 30.6 Å². The molecule has 2 aromatic heterocycles. The van der Waals surface area contributed by atoms with E-state index in [4.69, 9.17) is 5.73 Å². The molecule has 0 bridgehead atoms. The summed E-state index contributed by atoms with van der Waals surface area (Å²) in [5, 5.41) is 4.48. The van der Waals surface area contributed by atoms with Gasteiger partial charge in [-0.25, -0.2) is 9.67 Å². The molecule has 0 aliphatic carbocycles. The third kappa shape index (κ3) is 2.53. The molecule has 17 heavy (non-hydrogen) atoms. The van der Waals surface area contributed by atoms with Crippen LogP contribution in [0.3, 0.4) is 0 Å². The average molecular weight is 230 g/mol. The van der Waals surface area contributed by atoms with E-state index in [0.29, 0.717) is 5.92 Å². The number of hydrogen-bond acceptors (Lipinski definition) is 3. The Kier molecular flexibility index (Phi) is 3.24. The van der Waals surface area contributed by atoms with Gasteiger partial charge in [-0.1, -0.05) is 19.9 Å². The molecule has 0 radical (unpaired) electrons. The van der Waals surface area contributed by atoms with Gasteiger partial charge in [-0.15, -0.1) is 0 Å². The molecule has 1 atom stereocenters. The predicted molar refractivity (Wildman–Crippen MR) is 68.1 cm³/mol. The van der Waals surface area contributed by atoms with Gasteiger partial charge >= 0.3 is 0 Å². The Morgan fingerprint density at radius 2 is 1.94 bits per heavy atom. The first kappa shape index (κ1) is 11.8. The Balaban J connectivity index is 2.27. The van der Waals surface area contributed by atoms with Crippen LogP contribution in [0.4, 0.5) is 0 Å². The molecular formula is C13H18N4. The van der Waals surface area contributed by atoms with Crippen LogP contribution in [-0.4, -0.2) is 14.8 Å². The summed E-state index contributed by atoms with van der Waals surface area (Å²) in [5.41, 5.74) is 7.89. The summed E-state index contributed by atoms with van der Waals surface area (Å²) in [7, 11) is 0. The summed E-state index contributed by atoms with van der Waals surface area (Å²) in [4.78, 5) is 4.36. The maximum atomic E-state index is 5.78. The van der Waals surface area contributed by atoms with E-state index in [9.17, 15) is 0 Å². The summed E-state index contributed by atoms with van der Waals surface area (Å²) in [5.74, 6) is 1.25. The van der Waals surface area contributed by atoms with Gasteiger partial charge in [0, 0.05) is 18.4 Å². The lowest BCUT2D eigenvalue weighted by molar-refractivity contribution is 0.753. The van der Waals surface area contributed by atoms with Crippen LogP contribution >= 0.6 is 0 Å². The van der Waals surface area contributed by atoms with Gasteiger partial charge in [-0.3, -0.25) is 0 Å². The summed E-state index contributed by atoms with van der Waals surface area (Å²) < 4.78 is 1.79. The van der Waals surface area contributed by atoms with Crippen molar-refractivity contribution in [1.29, 1.82) is 0 Å². The van der Waals surface area contributed by atoms with Crippen molar-refractivity contribution in [2.75, 3.05) is 0 Å². The number of nitrogens with zero attached hydrogens (tertiary/aromatic N) is 3. The minimum atomic E-state index is 0.0143. The van der Waals surface area contributed by atoms with Gasteiger partial charge < -0.3 is 5.73 Å². The van der Waals surface area contributed by atoms with E-state index in [1.54, 1.807) is 10.9 Å². The molecule has 2 aromatic rings. The summed E-state index contributed by atoms with van der Waals surface area (Å²) in [6.07, 6.45) is 3.74. The topological polar surface area (TPSA) is 56.7 Å². The second kappa shape index (κ2) is 4.67. The van der Waals surface area contributed by atoms with Gasteiger partial charge in [-0.2, -0.15) is 5.10 Å². The molecule has 0 amide bonds. The number of aromatic nitrogens is 3. The molecule has 0 saturated carbocycles. The van der Waals surface area contributed by atoms with E-state index in [1.807, 2.05) is 31.3 Å². The molecule has 0 unspecified atom stereocenters. The van der Waals surface area contributed by atoms with E-state index < -0.39 is 0 Å². The number of pyridine rings is 1. The lowest BCUT2D eigenvalue weighted by Crippen LogP contribution is -2.06. The Bertz CT molecular complexity index is 482. The van der Waals surface area contributed by atoms with E-state index in [0.717, 1.165) is 17.1 Å². The Labute approximate surface area is 101 Å². The first-order chi connectivity index (χ1) is 8.08. The zero-order chi connectivity index (χ0) is 12.4. The first-order valence-corrected chi connectivity index (χ1v) is 5.85. The zero-order valence-corrected chi connectivity index (χ0v) is 10.5. The molecule has 4 nitrogen and oxygen atoms in total. The fraction of sp³-hybridized carbons (Fsp3) is 0.385. The molecule has 4 heteroatoms. The van der Waals surface area contributed by atoms with E-state index in [-0.39, 0.29) is 6.04 Å². The average Bonchev–Trinajstić information content (AvgIpc) is 2.78. The zero-order valence-electron chi connectivity index (χ0n) is 10.5. The van der Waals surface area contributed by atoms with Gasteiger partial charge in [0.15, 0.2) is 5.82 Å². The SMILES string of the molecule is CC(C)c1ccn(-c2ccc([C@@H](C)N)cn2)n1. The highest BCUT2D eigenvalue weighted by molar-refractivity contribution is 5.26. The van der Waals surface area contributed by atoms with E-state index in [2.05, 4.69) is 23.9 Å². The van der Waals surface area contributed by atoms with Crippen molar-refractivity contribution in [2.24, 2.45) is 5.73 Å². The monoisotopic (exact) mass is 230 g/mol. The van der Waals surface area contributed by atoms with Crippen molar-refractivity contribution < 1.29 is 0 Å². The summed E-state index contributed by atoms with van der Waals surface area (Å²) in [6, 6.07) is 5.96. The highest BCUT2D eigenvalue weighted by Gasteiger charge is 2.06. The lowest BCUT2D eigenvalue weighted by Gasteiger charge is -2.06. The van der Waals surface area contributed by atoms with Crippen LogP contribution < -0.4 is 5.73 Å². The van der Waals surface area contributed by atoms with Crippen molar-refractivity contribution in [3.63, 3.8) is 0 Å².